The molecule has 0 saturated heterocycles. The Balaban J connectivity index is 2.86. The Kier molecular flexibility index (Phi) is 7.12. The van der Waals surface area contributed by atoms with Crippen molar-refractivity contribution in [3.8, 4) is 0 Å². The van der Waals surface area contributed by atoms with Crippen LogP contribution in [0.1, 0.15) is 18.9 Å². The summed E-state index contributed by atoms with van der Waals surface area (Å²) in [5.74, 6) is 1.21. The van der Waals surface area contributed by atoms with E-state index in [0.29, 0.717) is 6.04 Å². The molecule has 1 unspecified atom stereocenters. The topological polar surface area (TPSA) is 15.3 Å². The maximum atomic E-state index is 3.54. The molecule has 1 N–H and O–H groups in total. The van der Waals surface area contributed by atoms with Crippen LogP contribution in [0.3, 0.4) is 0 Å². The number of nitrogens with one attached hydrogen (secondary N) is 1. The highest BCUT2D eigenvalue weighted by atomic mass is 79.9. The number of thioether (sulfide) groups is 1. The first kappa shape index (κ1) is 15.9. The fraction of sp³-hybridized carbons (Fsp3) is 0.571. The molecule has 102 valence electrons. The SMILES string of the molecule is CNCc1cc(Br)ccc1N(C)C(C)CCSC. The van der Waals surface area contributed by atoms with E-state index in [1.54, 1.807) is 0 Å². The van der Waals surface area contributed by atoms with E-state index in [4.69, 9.17) is 0 Å². The molecule has 0 bridgehead atoms. The number of nitrogens with zero attached hydrogens (tertiary/aromatic N) is 1. The number of hydrogen-bond acceptors (Lipinski definition) is 3. The molecule has 1 atom stereocenters. The van der Waals surface area contributed by atoms with Crippen molar-refractivity contribution in [2.45, 2.75) is 25.9 Å². The molecule has 1 rings (SSSR count). The van der Waals surface area contributed by atoms with Gasteiger partial charge in [-0.3, -0.25) is 0 Å². The van der Waals surface area contributed by atoms with Gasteiger partial charge in [0.25, 0.3) is 0 Å². The van der Waals surface area contributed by atoms with Gasteiger partial charge in [0.05, 0.1) is 0 Å². The van der Waals surface area contributed by atoms with Crippen molar-refractivity contribution in [2.75, 3.05) is 31.0 Å². The largest absolute Gasteiger partial charge is 0.372 e. The zero-order valence-electron chi connectivity index (χ0n) is 11.7. The van der Waals surface area contributed by atoms with Gasteiger partial charge in [0.15, 0.2) is 0 Å². The first-order valence-corrected chi connectivity index (χ1v) is 8.43. The van der Waals surface area contributed by atoms with Gasteiger partial charge in [0.2, 0.25) is 0 Å². The van der Waals surface area contributed by atoms with Crippen LogP contribution in [0.4, 0.5) is 5.69 Å². The minimum atomic E-state index is 0.564. The van der Waals surface area contributed by atoms with Crippen molar-refractivity contribution in [1.29, 1.82) is 0 Å². The van der Waals surface area contributed by atoms with E-state index < -0.39 is 0 Å². The predicted molar refractivity (Wildman–Crippen MR) is 87.8 cm³/mol. The van der Waals surface area contributed by atoms with Crippen molar-refractivity contribution in [2.24, 2.45) is 0 Å². The van der Waals surface area contributed by atoms with Crippen molar-refractivity contribution >= 4 is 33.4 Å². The lowest BCUT2D eigenvalue weighted by Gasteiger charge is -2.29. The van der Waals surface area contributed by atoms with E-state index in [1.165, 1.54) is 23.4 Å². The second-order valence-electron chi connectivity index (χ2n) is 4.54. The lowest BCUT2D eigenvalue weighted by atomic mass is 10.1. The molecule has 0 fully saturated rings. The maximum absolute atomic E-state index is 3.54. The van der Waals surface area contributed by atoms with E-state index in [0.717, 1.165) is 11.0 Å². The zero-order valence-corrected chi connectivity index (χ0v) is 14.1. The van der Waals surface area contributed by atoms with Gasteiger partial charge in [-0.15, -0.1) is 0 Å². The summed E-state index contributed by atoms with van der Waals surface area (Å²) >= 11 is 5.46. The molecule has 0 amide bonds. The summed E-state index contributed by atoms with van der Waals surface area (Å²) in [4.78, 5) is 2.38. The summed E-state index contributed by atoms with van der Waals surface area (Å²) in [6.45, 7) is 3.19. The minimum Gasteiger partial charge on any atom is -0.372 e. The standard InChI is InChI=1S/C14H23BrN2S/c1-11(7-8-18-4)17(3)14-6-5-13(15)9-12(14)10-16-2/h5-6,9,11,16H,7-8,10H2,1-4H3. The Morgan fingerprint density at radius 1 is 1.44 bits per heavy atom. The summed E-state index contributed by atoms with van der Waals surface area (Å²) < 4.78 is 1.14. The molecule has 0 aliphatic rings. The highest BCUT2D eigenvalue weighted by Crippen LogP contribution is 2.26. The van der Waals surface area contributed by atoms with Gasteiger partial charge in [-0.25, -0.2) is 0 Å². The summed E-state index contributed by atoms with van der Waals surface area (Å²) in [5, 5.41) is 3.24. The number of anilines is 1. The number of hydrogen-bond donors (Lipinski definition) is 1. The van der Waals surface area contributed by atoms with Gasteiger partial charge < -0.3 is 10.2 Å². The molecule has 1 aromatic carbocycles. The van der Waals surface area contributed by atoms with Gasteiger partial charge in [0.1, 0.15) is 0 Å². The third-order valence-electron chi connectivity index (χ3n) is 3.19. The van der Waals surface area contributed by atoms with Crippen molar-refractivity contribution in [3.05, 3.63) is 28.2 Å². The maximum Gasteiger partial charge on any atom is 0.0412 e. The third kappa shape index (κ3) is 4.48. The van der Waals surface area contributed by atoms with Gasteiger partial charge in [-0.1, -0.05) is 15.9 Å². The quantitative estimate of drug-likeness (QED) is 0.819. The van der Waals surface area contributed by atoms with E-state index in [1.807, 2.05) is 18.8 Å². The summed E-state index contributed by atoms with van der Waals surface area (Å²) in [7, 11) is 4.18. The van der Waals surface area contributed by atoms with Crippen LogP contribution in [0.2, 0.25) is 0 Å². The van der Waals surface area contributed by atoms with Crippen LogP contribution in [0.25, 0.3) is 0 Å². The normalized spacial score (nSPS) is 12.5. The molecule has 1 aromatic rings. The van der Waals surface area contributed by atoms with E-state index in [9.17, 15) is 0 Å². The molecule has 0 aliphatic carbocycles. The number of halogens is 1. The van der Waals surface area contributed by atoms with E-state index in [-0.39, 0.29) is 0 Å². The Hall–Kier alpha value is -0.190. The molecule has 4 heteroatoms. The Morgan fingerprint density at radius 2 is 2.17 bits per heavy atom. The molecule has 18 heavy (non-hydrogen) atoms. The van der Waals surface area contributed by atoms with Gasteiger partial charge in [0, 0.05) is 29.8 Å². The molecule has 0 spiro atoms. The molecule has 2 nitrogen and oxygen atoms in total. The van der Waals surface area contributed by atoms with Crippen molar-refractivity contribution < 1.29 is 0 Å². The second-order valence-corrected chi connectivity index (χ2v) is 6.45. The molecule has 0 aliphatic heterocycles. The Morgan fingerprint density at radius 3 is 2.78 bits per heavy atom. The van der Waals surface area contributed by atoms with Crippen LogP contribution >= 0.6 is 27.7 Å². The second kappa shape index (κ2) is 8.08. The van der Waals surface area contributed by atoms with Gasteiger partial charge in [-0.05, 0) is 56.2 Å². The highest BCUT2D eigenvalue weighted by Gasteiger charge is 2.13. The molecule has 0 saturated carbocycles. The van der Waals surface area contributed by atoms with Crippen LogP contribution in [0.5, 0.6) is 0 Å². The first-order chi connectivity index (χ1) is 8.60. The van der Waals surface area contributed by atoms with Crippen LogP contribution in [0.15, 0.2) is 22.7 Å². The molecule has 0 radical (unpaired) electrons. The van der Waals surface area contributed by atoms with E-state index in [2.05, 4.69) is 64.6 Å². The molecule has 0 heterocycles. The Labute approximate surface area is 124 Å². The first-order valence-electron chi connectivity index (χ1n) is 6.25. The van der Waals surface area contributed by atoms with E-state index >= 15 is 0 Å². The lowest BCUT2D eigenvalue weighted by Crippen LogP contribution is -2.30. The summed E-state index contributed by atoms with van der Waals surface area (Å²) in [6.07, 6.45) is 3.38. The predicted octanol–water partition coefficient (Wildman–Crippen LogP) is 3.75. The minimum absolute atomic E-state index is 0.564. The molecular weight excluding hydrogens is 308 g/mol. The summed E-state index contributed by atoms with van der Waals surface area (Å²) in [5.41, 5.74) is 2.66. The smallest absolute Gasteiger partial charge is 0.0412 e. The number of benzene rings is 1. The third-order valence-corrected chi connectivity index (χ3v) is 4.33. The number of rotatable bonds is 7. The molecular formula is C14H23BrN2S. The zero-order chi connectivity index (χ0) is 13.5. The van der Waals surface area contributed by atoms with Gasteiger partial charge in [-0.2, -0.15) is 11.8 Å². The average Bonchev–Trinajstić information content (AvgIpc) is 2.36. The summed E-state index contributed by atoms with van der Waals surface area (Å²) in [6, 6.07) is 7.08. The van der Waals surface area contributed by atoms with Crippen LogP contribution in [-0.2, 0) is 6.54 Å². The Bertz CT molecular complexity index is 371. The average molecular weight is 331 g/mol. The van der Waals surface area contributed by atoms with Crippen molar-refractivity contribution in [3.63, 3.8) is 0 Å². The lowest BCUT2D eigenvalue weighted by molar-refractivity contribution is 0.664. The van der Waals surface area contributed by atoms with Crippen LogP contribution < -0.4 is 10.2 Å². The van der Waals surface area contributed by atoms with Crippen molar-refractivity contribution in [1.82, 2.24) is 5.32 Å². The highest BCUT2D eigenvalue weighted by molar-refractivity contribution is 9.10. The monoisotopic (exact) mass is 330 g/mol. The van der Waals surface area contributed by atoms with Crippen LogP contribution in [0, 0.1) is 0 Å². The van der Waals surface area contributed by atoms with Gasteiger partial charge >= 0.3 is 0 Å². The fourth-order valence-electron chi connectivity index (χ4n) is 1.95. The van der Waals surface area contributed by atoms with Crippen LogP contribution in [-0.4, -0.2) is 32.1 Å². The fourth-order valence-corrected chi connectivity index (χ4v) is 2.94. The molecule has 0 aromatic heterocycles.